The van der Waals surface area contributed by atoms with Gasteiger partial charge in [0.25, 0.3) is 0 Å². The fourth-order valence-corrected chi connectivity index (χ4v) is 4.28. The number of H-pyrrole nitrogens is 1. The summed E-state index contributed by atoms with van der Waals surface area (Å²) in [5.41, 5.74) is 5.89. The lowest BCUT2D eigenvalue weighted by Gasteiger charge is -2.12. The number of furan rings is 1. The minimum atomic E-state index is -0.695. The highest BCUT2D eigenvalue weighted by atomic mass is 35.5. The lowest BCUT2D eigenvalue weighted by molar-refractivity contribution is 0.0996. The molecule has 0 saturated carbocycles. The number of terminal acetylenes is 1. The Labute approximate surface area is 221 Å². The van der Waals surface area contributed by atoms with Gasteiger partial charge in [0.1, 0.15) is 18.1 Å². The molecule has 0 bridgehead atoms. The lowest BCUT2D eigenvalue weighted by atomic mass is 10.1. The predicted octanol–water partition coefficient (Wildman–Crippen LogP) is 5.26. The fraction of sp³-hybridized carbons (Fsp3) is 0.250. The molecule has 4 aromatic rings. The highest BCUT2D eigenvalue weighted by Gasteiger charge is 2.32. The van der Waals surface area contributed by atoms with Crippen LogP contribution in [0.1, 0.15) is 22.8 Å². The van der Waals surface area contributed by atoms with E-state index < -0.39 is 6.10 Å². The Bertz CT molecular complexity index is 1470. The van der Waals surface area contributed by atoms with Gasteiger partial charge in [-0.1, -0.05) is 11.1 Å². The normalized spacial score (nSPS) is 13.6. The molecule has 1 N–H and O–H groups in total. The summed E-state index contributed by atoms with van der Waals surface area (Å²) in [5.74, 6) is 4.61. The van der Waals surface area contributed by atoms with Crippen LogP contribution >= 0.6 is 12.4 Å². The van der Waals surface area contributed by atoms with Crippen molar-refractivity contribution in [2.45, 2.75) is 6.10 Å². The largest absolute Gasteiger partial charge is 0.493 e. The Morgan fingerprint density at radius 1 is 1.08 bits per heavy atom. The zero-order chi connectivity index (χ0) is 25.2. The van der Waals surface area contributed by atoms with Gasteiger partial charge in [-0.25, -0.2) is 0 Å². The number of rotatable bonds is 9. The number of ether oxygens (including phenoxy) is 3. The molecule has 9 heteroatoms. The molecule has 1 unspecified atom stereocenters. The highest BCUT2D eigenvalue weighted by Crippen LogP contribution is 2.46. The average Bonchev–Trinajstić information content (AvgIpc) is 3.60. The van der Waals surface area contributed by atoms with Crippen LogP contribution in [0.2, 0.25) is 0 Å². The number of hydrogen-bond donors (Lipinski definition) is 1. The van der Waals surface area contributed by atoms with E-state index in [4.69, 9.17) is 29.9 Å². The number of aromatic nitrogens is 1. The second-order valence-corrected chi connectivity index (χ2v) is 8.64. The Morgan fingerprint density at radius 2 is 1.84 bits per heavy atom. The van der Waals surface area contributed by atoms with Crippen LogP contribution in [0.15, 0.2) is 58.5 Å². The van der Waals surface area contributed by atoms with Crippen molar-refractivity contribution in [2.75, 3.05) is 41.5 Å². The summed E-state index contributed by atoms with van der Waals surface area (Å²) in [4.78, 5) is 11.5. The number of nitrogens with zero attached hydrogens (tertiary/aromatic N) is 2. The maximum atomic E-state index is 6.00. The van der Waals surface area contributed by atoms with Crippen LogP contribution in [0.25, 0.3) is 22.2 Å². The van der Waals surface area contributed by atoms with E-state index in [9.17, 15) is 0 Å². The average molecular weight is 522 g/mol. The van der Waals surface area contributed by atoms with Crippen LogP contribution < -0.4 is 14.2 Å². The van der Waals surface area contributed by atoms with Gasteiger partial charge in [-0.2, -0.15) is 0 Å². The van der Waals surface area contributed by atoms with E-state index in [-0.39, 0.29) is 12.4 Å². The van der Waals surface area contributed by atoms with Gasteiger partial charge in [0.15, 0.2) is 11.5 Å². The second kappa shape index (κ2) is 10.9. The molecule has 2 aromatic heterocycles. The molecule has 2 heterocycles. The summed E-state index contributed by atoms with van der Waals surface area (Å²) >= 11 is 0. The molecule has 0 radical (unpaired) electrons. The first-order valence-corrected chi connectivity index (χ1v) is 11.5. The summed E-state index contributed by atoms with van der Waals surface area (Å²) in [6, 6.07) is 11.6. The molecule has 37 heavy (non-hydrogen) atoms. The molecule has 0 aliphatic heterocycles. The third kappa shape index (κ3) is 4.84. The SMILES string of the molecule is C#CC(O/N=C1/c2cc(OC)c(OC)cc2-c2[nH]c3ccc(OCCN(C)C)cc3c21)c1ccoc1.Cl. The molecule has 1 atom stereocenters. The van der Waals surface area contributed by atoms with E-state index in [0.717, 1.165) is 45.6 Å². The minimum absolute atomic E-state index is 0. The number of hydrogen-bond acceptors (Lipinski definition) is 7. The first-order valence-electron chi connectivity index (χ1n) is 11.5. The topological polar surface area (TPSA) is 81.4 Å². The van der Waals surface area contributed by atoms with E-state index in [0.29, 0.717) is 29.4 Å². The second-order valence-electron chi connectivity index (χ2n) is 8.64. The number of oxime groups is 1. The number of aromatic amines is 1. The molecule has 2 aromatic carbocycles. The van der Waals surface area contributed by atoms with Crippen molar-refractivity contribution in [2.24, 2.45) is 5.16 Å². The van der Waals surface area contributed by atoms with E-state index in [1.807, 2.05) is 44.4 Å². The molecular weight excluding hydrogens is 494 g/mol. The van der Waals surface area contributed by atoms with Gasteiger partial charge >= 0.3 is 0 Å². The standard InChI is InChI=1S/C28H27N3O5.ClH/c1-6-23(17-9-11-34-16-17)36-30-28-20-15-25(33-5)24(32-4)14-19(20)27-26(28)21-13-18(7-8-22(21)29-27)35-12-10-31(2)3;/h1,7-9,11,13-16,23,29H,10,12H2,2-5H3;1H/b30-28-;. The van der Waals surface area contributed by atoms with Crippen LogP contribution in [0.5, 0.6) is 17.2 Å². The summed E-state index contributed by atoms with van der Waals surface area (Å²) in [5, 5.41) is 5.53. The third-order valence-electron chi connectivity index (χ3n) is 6.11. The summed E-state index contributed by atoms with van der Waals surface area (Å²) in [6.45, 7) is 1.40. The molecule has 8 nitrogen and oxygen atoms in total. The Balaban J connectivity index is 0.00000320. The Kier molecular flexibility index (Phi) is 7.67. The van der Waals surface area contributed by atoms with Crippen LogP contribution in [0.4, 0.5) is 0 Å². The van der Waals surface area contributed by atoms with E-state index in [2.05, 4.69) is 21.0 Å². The molecule has 5 rings (SSSR count). The maximum absolute atomic E-state index is 6.00. The fourth-order valence-electron chi connectivity index (χ4n) is 4.28. The molecule has 0 saturated heterocycles. The van der Waals surface area contributed by atoms with Gasteiger partial charge in [0.05, 0.1) is 32.4 Å². The molecule has 192 valence electrons. The van der Waals surface area contributed by atoms with Crippen LogP contribution in [-0.4, -0.2) is 57.1 Å². The lowest BCUT2D eigenvalue weighted by Crippen LogP contribution is -2.19. The van der Waals surface area contributed by atoms with E-state index >= 15 is 0 Å². The number of likely N-dealkylation sites (N-methyl/N-ethyl adjacent to an activating group) is 1. The minimum Gasteiger partial charge on any atom is -0.493 e. The van der Waals surface area contributed by atoms with Gasteiger partial charge in [0.2, 0.25) is 6.10 Å². The quantitative estimate of drug-likeness (QED) is 0.210. The Morgan fingerprint density at radius 3 is 2.49 bits per heavy atom. The van der Waals surface area contributed by atoms with Crippen LogP contribution in [-0.2, 0) is 4.84 Å². The van der Waals surface area contributed by atoms with Gasteiger partial charge in [-0.15, -0.1) is 18.8 Å². The van der Waals surface area contributed by atoms with Crippen LogP contribution in [0.3, 0.4) is 0 Å². The van der Waals surface area contributed by atoms with Crippen molar-refractivity contribution in [3.63, 3.8) is 0 Å². The number of nitrogens with one attached hydrogen (secondary N) is 1. The third-order valence-corrected chi connectivity index (χ3v) is 6.11. The van der Waals surface area contributed by atoms with Gasteiger partial charge < -0.3 is 33.3 Å². The van der Waals surface area contributed by atoms with Gasteiger partial charge in [0, 0.05) is 39.7 Å². The molecule has 0 amide bonds. The summed E-state index contributed by atoms with van der Waals surface area (Å²) in [7, 11) is 7.25. The van der Waals surface area contributed by atoms with E-state index in [1.165, 1.54) is 0 Å². The first-order chi connectivity index (χ1) is 17.5. The van der Waals surface area contributed by atoms with Crippen molar-refractivity contribution in [1.82, 2.24) is 9.88 Å². The molecule has 1 aliphatic rings. The van der Waals surface area contributed by atoms with Crippen molar-refractivity contribution < 1.29 is 23.5 Å². The number of benzene rings is 2. The zero-order valence-electron chi connectivity index (χ0n) is 21.0. The monoisotopic (exact) mass is 521 g/mol. The Hall–Kier alpha value is -4.06. The molecule has 0 spiro atoms. The first kappa shape index (κ1) is 26.0. The van der Waals surface area contributed by atoms with Crippen LogP contribution in [0, 0.1) is 12.3 Å². The number of methoxy groups -OCH3 is 2. The maximum Gasteiger partial charge on any atom is 0.215 e. The summed E-state index contributed by atoms with van der Waals surface area (Å²) in [6.07, 6.45) is 8.14. The molecular formula is C28H28ClN3O5. The molecule has 1 aliphatic carbocycles. The number of halogens is 1. The van der Waals surface area contributed by atoms with Gasteiger partial charge in [-0.05, 0) is 50.5 Å². The van der Waals surface area contributed by atoms with Gasteiger partial charge in [-0.3, -0.25) is 0 Å². The molecule has 0 fully saturated rings. The zero-order valence-corrected chi connectivity index (χ0v) is 21.8. The smallest absolute Gasteiger partial charge is 0.215 e. The predicted molar refractivity (Wildman–Crippen MR) is 145 cm³/mol. The van der Waals surface area contributed by atoms with Crippen molar-refractivity contribution in [3.05, 3.63) is 65.6 Å². The highest BCUT2D eigenvalue weighted by molar-refractivity contribution is 6.30. The van der Waals surface area contributed by atoms with Crippen molar-refractivity contribution in [1.29, 1.82) is 0 Å². The number of fused-ring (bicyclic) bond motifs is 5. The van der Waals surface area contributed by atoms with Crippen molar-refractivity contribution in [3.8, 4) is 40.8 Å². The van der Waals surface area contributed by atoms with E-state index in [1.54, 1.807) is 32.8 Å². The summed E-state index contributed by atoms with van der Waals surface area (Å²) < 4.78 is 22.3. The van der Waals surface area contributed by atoms with Crippen molar-refractivity contribution >= 4 is 29.0 Å².